The fourth-order valence-electron chi connectivity index (χ4n) is 3.03. The molecule has 4 rings (SSSR count). The number of amides is 1. The molecule has 2 heterocycles. The first kappa shape index (κ1) is 19.7. The van der Waals surface area contributed by atoms with Crippen molar-refractivity contribution in [3.05, 3.63) is 75.2 Å². The number of hydrogen-bond donors (Lipinski definition) is 1. The van der Waals surface area contributed by atoms with E-state index >= 15 is 0 Å². The van der Waals surface area contributed by atoms with E-state index in [0.29, 0.717) is 6.42 Å². The third kappa shape index (κ3) is 5.26. The van der Waals surface area contributed by atoms with Crippen molar-refractivity contribution in [3.63, 3.8) is 0 Å². The van der Waals surface area contributed by atoms with Gasteiger partial charge in [-0.25, -0.2) is 9.97 Å². The van der Waals surface area contributed by atoms with Crippen LogP contribution in [0, 0.1) is 6.92 Å². The smallest absolute Gasteiger partial charge is 0.231 e. The highest BCUT2D eigenvalue weighted by Crippen LogP contribution is 2.23. The van der Waals surface area contributed by atoms with Crippen LogP contribution in [0.25, 0.3) is 10.2 Å². The quantitative estimate of drug-likeness (QED) is 0.461. The number of nitrogens with zero attached hydrogens (tertiary/aromatic N) is 3. The minimum Gasteiger partial charge on any atom is -0.326 e. The third-order valence-electron chi connectivity index (χ3n) is 4.42. The largest absolute Gasteiger partial charge is 0.326 e. The van der Waals surface area contributed by atoms with Gasteiger partial charge in [-0.05, 0) is 38.2 Å². The topological polar surface area (TPSA) is 58.1 Å². The van der Waals surface area contributed by atoms with Gasteiger partial charge in [0.1, 0.15) is 10.0 Å². The molecular formula is C22H22N4OS2. The Kier molecular flexibility index (Phi) is 5.99. The molecule has 0 aliphatic heterocycles. The summed E-state index contributed by atoms with van der Waals surface area (Å²) in [7, 11) is 2.06. The second-order valence-corrected chi connectivity index (χ2v) is 9.13. The van der Waals surface area contributed by atoms with E-state index in [1.54, 1.807) is 11.3 Å². The van der Waals surface area contributed by atoms with E-state index < -0.39 is 0 Å². The van der Waals surface area contributed by atoms with Gasteiger partial charge in [0.15, 0.2) is 0 Å². The minimum absolute atomic E-state index is 0.0439. The number of thiazole rings is 2. The van der Waals surface area contributed by atoms with Crippen LogP contribution < -0.4 is 5.32 Å². The number of aromatic nitrogens is 2. The average Bonchev–Trinajstić information content (AvgIpc) is 3.29. The lowest BCUT2D eigenvalue weighted by atomic mass is 10.2. The van der Waals surface area contributed by atoms with E-state index in [1.807, 2.05) is 54.8 Å². The molecule has 5 nitrogen and oxygen atoms in total. The lowest BCUT2D eigenvalue weighted by Crippen LogP contribution is -2.17. The molecule has 0 saturated heterocycles. The van der Waals surface area contributed by atoms with Gasteiger partial charge in [-0.1, -0.05) is 29.8 Å². The maximum Gasteiger partial charge on any atom is 0.231 e. The van der Waals surface area contributed by atoms with Crippen molar-refractivity contribution in [1.82, 2.24) is 14.9 Å². The van der Waals surface area contributed by atoms with Crippen LogP contribution >= 0.6 is 22.7 Å². The second-order valence-electron chi connectivity index (χ2n) is 7.07. The number of fused-ring (bicyclic) bond motifs is 1. The summed E-state index contributed by atoms with van der Waals surface area (Å²) in [5.41, 5.74) is 4.02. The summed E-state index contributed by atoms with van der Waals surface area (Å²) in [6, 6.07) is 16.0. The molecule has 7 heteroatoms. The summed E-state index contributed by atoms with van der Waals surface area (Å²) in [5.74, 6) is -0.0439. The number of carbonyl (C=O) groups excluding carboxylic acids is 1. The van der Waals surface area contributed by atoms with Gasteiger partial charge >= 0.3 is 0 Å². The first-order valence-corrected chi connectivity index (χ1v) is 11.1. The third-order valence-corrected chi connectivity index (χ3v) is 6.34. The molecule has 0 bridgehead atoms. The van der Waals surface area contributed by atoms with Gasteiger partial charge in [-0.2, -0.15) is 0 Å². The summed E-state index contributed by atoms with van der Waals surface area (Å²) in [4.78, 5) is 23.8. The number of carbonyl (C=O) groups is 1. The van der Waals surface area contributed by atoms with Gasteiger partial charge in [-0.3, -0.25) is 9.69 Å². The van der Waals surface area contributed by atoms with Gasteiger partial charge in [-0.15, -0.1) is 22.7 Å². The van der Waals surface area contributed by atoms with Gasteiger partial charge < -0.3 is 5.32 Å². The van der Waals surface area contributed by atoms with Crippen LogP contribution in [0.2, 0.25) is 0 Å². The lowest BCUT2D eigenvalue weighted by molar-refractivity contribution is -0.115. The fourth-order valence-corrected chi connectivity index (χ4v) is 4.86. The standard InChI is InChI=1S/C22H22N4OS2/c1-15-7-9-16(10-8-15)23-20(27)11-21-24-17(14-28-21)12-26(2)13-22-25-18-5-3-4-6-19(18)29-22/h3-10,14H,11-13H2,1-2H3,(H,23,27). The van der Waals surface area contributed by atoms with Crippen LogP contribution in [-0.4, -0.2) is 27.8 Å². The predicted octanol–water partition coefficient (Wildman–Crippen LogP) is 4.87. The van der Waals surface area contributed by atoms with Crippen molar-refractivity contribution in [2.24, 2.45) is 0 Å². The van der Waals surface area contributed by atoms with Crippen LogP contribution in [0.1, 0.15) is 21.3 Å². The SMILES string of the molecule is Cc1ccc(NC(=O)Cc2nc(CN(C)Cc3nc4ccccc4s3)cs2)cc1. The summed E-state index contributed by atoms with van der Waals surface area (Å²) >= 11 is 3.26. The van der Waals surface area contributed by atoms with Gasteiger partial charge in [0.25, 0.3) is 0 Å². The highest BCUT2D eigenvalue weighted by Gasteiger charge is 2.11. The van der Waals surface area contributed by atoms with Gasteiger partial charge in [0.2, 0.25) is 5.91 Å². The second kappa shape index (κ2) is 8.82. The van der Waals surface area contributed by atoms with Crippen molar-refractivity contribution < 1.29 is 4.79 Å². The summed E-state index contributed by atoms with van der Waals surface area (Å²) < 4.78 is 1.21. The molecule has 0 unspecified atom stereocenters. The Labute approximate surface area is 178 Å². The van der Waals surface area contributed by atoms with Crippen LogP contribution in [0.3, 0.4) is 0 Å². The zero-order valence-corrected chi connectivity index (χ0v) is 18.0. The average molecular weight is 423 g/mol. The Bertz CT molecular complexity index is 1080. The zero-order chi connectivity index (χ0) is 20.2. The molecule has 4 aromatic rings. The highest BCUT2D eigenvalue weighted by molar-refractivity contribution is 7.18. The molecule has 2 aromatic heterocycles. The summed E-state index contributed by atoms with van der Waals surface area (Å²) in [6.07, 6.45) is 0.292. The summed E-state index contributed by atoms with van der Waals surface area (Å²) in [6.45, 7) is 3.53. The molecule has 0 aliphatic rings. The van der Waals surface area contributed by atoms with Crippen LogP contribution in [0.5, 0.6) is 0 Å². The monoisotopic (exact) mass is 422 g/mol. The van der Waals surface area contributed by atoms with E-state index in [4.69, 9.17) is 4.98 Å². The molecule has 1 amide bonds. The maximum atomic E-state index is 12.3. The number of nitrogens with one attached hydrogen (secondary N) is 1. The molecule has 148 valence electrons. The fraction of sp³-hybridized carbons (Fsp3) is 0.227. The Morgan fingerprint density at radius 3 is 2.62 bits per heavy atom. The molecule has 1 N–H and O–H groups in total. The normalized spacial score (nSPS) is 11.3. The van der Waals surface area contributed by atoms with Gasteiger partial charge in [0, 0.05) is 17.6 Å². The van der Waals surface area contributed by atoms with Gasteiger partial charge in [0.05, 0.1) is 28.9 Å². The molecule has 0 fully saturated rings. The van der Waals surface area contributed by atoms with Crippen molar-refractivity contribution in [3.8, 4) is 0 Å². The van der Waals surface area contributed by atoms with Crippen LogP contribution in [0.15, 0.2) is 53.9 Å². The highest BCUT2D eigenvalue weighted by atomic mass is 32.1. The maximum absolute atomic E-state index is 12.3. The molecule has 0 saturated carbocycles. The molecular weight excluding hydrogens is 400 g/mol. The molecule has 0 atom stereocenters. The molecule has 29 heavy (non-hydrogen) atoms. The number of para-hydroxylation sites is 1. The number of benzene rings is 2. The van der Waals surface area contributed by atoms with E-state index in [1.165, 1.54) is 21.6 Å². The van der Waals surface area contributed by atoms with Crippen molar-refractivity contribution in [2.75, 3.05) is 12.4 Å². The number of aryl methyl sites for hydroxylation is 1. The van der Waals surface area contributed by atoms with Crippen LogP contribution in [0.4, 0.5) is 5.69 Å². The first-order valence-electron chi connectivity index (χ1n) is 9.38. The Balaban J connectivity index is 1.31. The number of anilines is 1. The lowest BCUT2D eigenvalue weighted by Gasteiger charge is -2.12. The van der Waals surface area contributed by atoms with E-state index in [2.05, 4.69) is 28.3 Å². The molecule has 2 aromatic carbocycles. The van der Waals surface area contributed by atoms with E-state index in [9.17, 15) is 4.79 Å². The van der Waals surface area contributed by atoms with E-state index in [-0.39, 0.29) is 5.91 Å². The predicted molar refractivity (Wildman–Crippen MR) is 120 cm³/mol. The van der Waals surface area contributed by atoms with E-state index in [0.717, 1.165) is 40.0 Å². The first-order chi connectivity index (χ1) is 14.0. The minimum atomic E-state index is -0.0439. The molecule has 0 spiro atoms. The Morgan fingerprint density at radius 1 is 1.03 bits per heavy atom. The Hall–Kier alpha value is -2.61. The van der Waals surface area contributed by atoms with Crippen LogP contribution in [-0.2, 0) is 24.3 Å². The Morgan fingerprint density at radius 2 is 1.83 bits per heavy atom. The molecule has 0 aliphatic carbocycles. The number of hydrogen-bond acceptors (Lipinski definition) is 6. The molecule has 0 radical (unpaired) electrons. The van der Waals surface area contributed by atoms with Crippen molar-refractivity contribution >= 4 is 44.5 Å². The summed E-state index contributed by atoms with van der Waals surface area (Å²) in [5, 5.41) is 6.88. The van der Waals surface area contributed by atoms with Crippen molar-refractivity contribution in [1.29, 1.82) is 0 Å². The van der Waals surface area contributed by atoms with Crippen molar-refractivity contribution in [2.45, 2.75) is 26.4 Å². The zero-order valence-electron chi connectivity index (χ0n) is 16.4. The number of rotatable bonds is 7.